The molecular weight excluding hydrogens is 106 g/mol. The van der Waals surface area contributed by atoms with Crippen molar-refractivity contribution in [3.63, 3.8) is 0 Å². The van der Waals surface area contributed by atoms with Crippen molar-refractivity contribution in [1.29, 1.82) is 0 Å². The van der Waals surface area contributed by atoms with Gasteiger partial charge >= 0.3 is 0 Å². The minimum absolute atomic E-state index is 0.488. The van der Waals surface area contributed by atoms with Gasteiger partial charge in [-0.3, -0.25) is 0 Å². The Balaban J connectivity index is 3.82. The maximum Gasteiger partial charge on any atom is 0.0988 e. The number of allylic oxidation sites excluding steroid dienone is 1. The monoisotopic (exact) mass is 115 g/mol. The van der Waals surface area contributed by atoms with Gasteiger partial charge in [0.05, 0.1) is 4.99 Å². The zero-order valence-electron chi connectivity index (χ0n) is 4.56. The highest BCUT2D eigenvalue weighted by Gasteiger charge is 1.84. The van der Waals surface area contributed by atoms with Gasteiger partial charge in [0.1, 0.15) is 0 Å². The molecule has 0 radical (unpaired) electrons. The van der Waals surface area contributed by atoms with E-state index in [1.54, 1.807) is 0 Å². The van der Waals surface area contributed by atoms with E-state index in [-0.39, 0.29) is 0 Å². The highest BCUT2D eigenvalue weighted by Crippen LogP contribution is 1.88. The maximum atomic E-state index is 5.21. The zero-order chi connectivity index (χ0) is 5.86. The lowest BCUT2D eigenvalue weighted by molar-refractivity contribution is 1.51. The normalized spacial score (nSPS) is 11.4. The lowest BCUT2D eigenvalue weighted by atomic mass is 10.3. The highest BCUT2D eigenvalue weighted by atomic mass is 32.1. The molecule has 0 heterocycles. The van der Waals surface area contributed by atoms with E-state index < -0.39 is 0 Å². The summed E-state index contributed by atoms with van der Waals surface area (Å²) in [6.45, 7) is 3.80. The molecule has 0 aliphatic carbocycles. The standard InChI is InChI=1S/C5H9NS/c1-3-4(2)5(6)7/h3H,1-2H3,(H2,6,7). The Morgan fingerprint density at radius 2 is 2.14 bits per heavy atom. The smallest absolute Gasteiger partial charge is 0.0988 e. The molecule has 1 nitrogen and oxygen atoms in total. The fourth-order valence-corrected chi connectivity index (χ4v) is 0.260. The molecule has 0 aromatic rings. The van der Waals surface area contributed by atoms with Crippen molar-refractivity contribution < 1.29 is 0 Å². The van der Waals surface area contributed by atoms with Crippen LogP contribution >= 0.6 is 12.2 Å². The molecule has 0 unspecified atom stereocenters. The van der Waals surface area contributed by atoms with Crippen LogP contribution < -0.4 is 5.73 Å². The van der Waals surface area contributed by atoms with Crippen LogP contribution in [0.4, 0.5) is 0 Å². The lowest BCUT2D eigenvalue weighted by Crippen LogP contribution is -2.07. The van der Waals surface area contributed by atoms with Gasteiger partial charge in [-0.1, -0.05) is 18.3 Å². The third-order valence-corrected chi connectivity index (χ3v) is 1.14. The number of rotatable bonds is 1. The van der Waals surface area contributed by atoms with Crippen LogP contribution in [0.15, 0.2) is 11.6 Å². The van der Waals surface area contributed by atoms with E-state index in [0.717, 1.165) is 5.57 Å². The summed E-state index contributed by atoms with van der Waals surface area (Å²) in [4.78, 5) is 0.488. The predicted octanol–water partition coefficient (Wildman–Crippen LogP) is 1.24. The molecule has 0 rings (SSSR count). The van der Waals surface area contributed by atoms with Crippen molar-refractivity contribution in [2.24, 2.45) is 5.73 Å². The summed E-state index contributed by atoms with van der Waals surface area (Å²) in [6.07, 6.45) is 1.89. The lowest BCUT2D eigenvalue weighted by Gasteiger charge is -1.90. The Morgan fingerprint density at radius 1 is 1.71 bits per heavy atom. The zero-order valence-corrected chi connectivity index (χ0v) is 5.38. The third kappa shape index (κ3) is 2.34. The molecule has 0 atom stereocenters. The van der Waals surface area contributed by atoms with Gasteiger partial charge in [0, 0.05) is 0 Å². The minimum atomic E-state index is 0.488. The molecule has 0 aromatic carbocycles. The van der Waals surface area contributed by atoms with E-state index in [1.807, 2.05) is 19.9 Å². The van der Waals surface area contributed by atoms with E-state index in [0.29, 0.717) is 4.99 Å². The molecule has 0 aliphatic rings. The molecule has 0 aliphatic heterocycles. The number of nitrogens with two attached hydrogens (primary N) is 1. The molecule has 0 aromatic heterocycles. The molecule has 0 fully saturated rings. The molecule has 0 amide bonds. The first-order valence-electron chi connectivity index (χ1n) is 2.11. The van der Waals surface area contributed by atoms with Crippen molar-refractivity contribution in [3.8, 4) is 0 Å². The average Bonchev–Trinajstić information content (AvgIpc) is 1.65. The quantitative estimate of drug-likeness (QED) is 0.411. The van der Waals surface area contributed by atoms with Crippen LogP contribution in [0, 0.1) is 0 Å². The van der Waals surface area contributed by atoms with Gasteiger partial charge in [0.2, 0.25) is 0 Å². The molecule has 2 heteroatoms. The van der Waals surface area contributed by atoms with Gasteiger partial charge in [-0.25, -0.2) is 0 Å². The average molecular weight is 115 g/mol. The van der Waals surface area contributed by atoms with Crippen LogP contribution in [0.5, 0.6) is 0 Å². The minimum Gasteiger partial charge on any atom is -0.390 e. The molecule has 0 spiro atoms. The maximum absolute atomic E-state index is 5.21. The van der Waals surface area contributed by atoms with E-state index in [1.165, 1.54) is 0 Å². The van der Waals surface area contributed by atoms with E-state index >= 15 is 0 Å². The molecule has 40 valence electrons. The summed E-state index contributed by atoms with van der Waals surface area (Å²) < 4.78 is 0. The van der Waals surface area contributed by atoms with Gasteiger partial charge in [0.15, 0.2) is 0 Å². The molecule has 7 heavy (non-hydrogen) atoms. The molecular formula is C5H9NS. The highest BCUT2D eigenvalue weighted by molar-refractivity contribution is 7.80. The first kappa shape index (κ1) is 6.63. The Hall–Kier alpha value is -0.370. The van der Waals surface area contributed by atoms with Gasteiger partial charge in [-0.15, -0.1) is 0 Å². The van der Waals surface area contributed by atoms with Crippen LogP contribution in [-0.4, -0.2) is 4.99 Å². The van der Waals surface area contributed by atoms with Gasteiger partial charge in [0.25, 0.3) is 0 Å². The van der Waals surface area contributed by atoms with Gasteiger partial charge < -0.3 is 5.73 Å². The van der Waals surface area contributed by atoms with Crippen LogP contribution in [0.3, 0.4) is 0 Å². The second-order valence-corrected chi connectivity index (χ2v) is 1.78. The third-order valence-electron chi connectivity index (χ3n) is 0.822. The van der Waals surface area contributed by atoms with E-state index in [4.69, 9.17) is 5.73 Å². The van der Waals surface area contributed by atoms with E-state index in [9.17, 15) is 0 Å². The Bertz CT molecular complexity index is 105. The van der Waals surface area contributed by atoms with Crippen molar-refractivity contribution >= 4 is 17.2 Å². The van der Waals surface area contributed by atoms with E-state index in [2.05, 4.69) is 12.2 Å². The number of hydrogen-bond acceptors (Lipinski definition) is 1. The molecule has 2 N–H and O–H groups in total. The van der Waals surface area contributed by atoms with Gasteiger partial charge in [-0.2, -0.15) is 0 Å². The summed E-state index contributed by atoms with van der Waals surface area (Å²) in [5.41, 5.74) is 6.19. The number of hydrogen-bond donors (Lipinski definition) is 1. The second kappa shape index (κ2) is 2.75. The molecule has 0 saturated carbocycles. The summed E-state index contributed by atoms with van der Waals surface area (Å²) in [6, 6.07) is 0. The summed E-state index contributed by atoms with van der Waals surface area (Å²) in [5.74, 6) is 0. The number of thiocarbonyl (C=S) groups is 1. The summed E-state index contributed by atoms with van der Waals surface area (Å²) in [7, 11) is 0. The molecule has 0 bridgehead atoms. The van der Waals surface area contributed by atoms with Crippen LogP contribution in [0.25, 0.3) is 0 Å². The Kier molecular flexibility index (Phi) is 2.60. The van der Waals surface area contributed by atoms with Crippen molar-refractivity contribution in [2.45, 2.75) is 13.8 Å². The topological polar surface area (TPSA) is 26.0 Å². The van der Waals surface area contributed by atoms with Crippen molar-refractivity contribution in [1.82, 2.24) is 0 Å². The van der Waals surface area contributed by atoms with Crippen LogP contribution in [-0.2, 0) is 0 Å². The van der Waals surface area contributed by atoms with Crippen LogP contribution in [0.2, 0.25) is 0 Å². The Labute approximate surface area is 49.2 Å². The SMILES string of the molecule is CC=C(C)C(N)=S. The fraction of sp³-hybridized carbons (Fsp3) is 0.400. The summed E-state index contributed by atoms with van der Waals surface area (Å²) >= 11 is 4.63. The fourth-order valence-electron chi connectivity index (χ4n) is 0.142. The molecule has 0 saturated heterocycles. The Morgan fingerprint density at radius 3 is 2.14 bits per heavy atom. The van der Waals surface area contributed by atoms with Crippen molar-refractivity contribution in [2.75, 3.05) is 0 Å². The second-order valence-electron chi connectivity index (χ2n) is 1.34. The first-order valence-corrected chi connectivity index (χ1v) is 2.52. The largest absolute Gasteiger partial charge is 0.390 e. The van der Waals surface area contributed by atoms with Crippen molar-refractivity contribution in [3.05, 3.63) is 11.6 Å². The van der Waals surface area contributed by atoms with Crippen LogP contribution in [0.1, 0.15) is 13.8 Å². The summed E-state index contributed by atoms with van der Waals surface area (Å²) in [5, 5.41) is 0. The predicted molar refractivity (Wildman–Crippen MR) is 36.2 cm³/mol. The first-order chi connectivity index (χ1) is 3.18. The van der Waals surface area contributed by atoms with Gasteiger partial charge in [-0.05, 0) is 19.4 Å².